The molecule has 13 heavy (non-hydrogen) atoms. The number of nitrogens with two attached hydrogens (primary N) is 2. The molecule has 0 aliphatic heterocycles. The van der Waals surface area contributed by atoms with Crippen LogP contribution in [0.5, 0.6) is 5.75 Å². The van der Waals surface area contributed by atoms with E-state index in [-0.39, 0.29) is 18.2 Å². The van der Waals surface area contributed by atoms with Crippen LogP contribution in [0.3, 0.4) is 0 Å². The van der Waals surface area contributed by atoms with Crippen molar-refractivity contribution in [3.63, 3.8) is 0 Å². The van der Waals surface area contributed by atoms with E-state index < -0.39 is 0 Å². The van der Waals surface area contributed by atoms with Crippen molar-refractivity contribution in [3.8, 4) is 11.8 Å². The average molecular weight is 177 g/mol. The molecule has 0 aliphatic rings. The zero-order valence-electron chi connectivity index (χ0n) is 7.07. The maximum Gasteiger partial charge on any atom is 0.138 e. The third-order valence-corrected chi connectivity index (χ3v) is 1.79. The molecule has 0 spiro atoms. The van der Waals surface area contributed by atoms with Crippen molar-refractivity contribution in [2.45, 2.75) is 12.5 Å². The molecular weight excluding hydrogens is 166 g/mol. The highest BCUT2D eigenvalue weighted by molar-refractivity contribution is 5.53. The number of anilines is 1. The summed E-state index contributed by atoms with van der Waals surface area (Å²) in [4.78, 5) is 0. The highest BCUT2D eigenvalue weighted by Gasteiger charge is 2.06. The first-order chi connectivity index (χ1) is 6.15. The molecule has 4 heteroatoms. The molecule has 0 aliphatic carbocycles. The smallest absolute Gasteiger partial charge is 0.138 e. The van der Waals surface area contributed by atoms with Crippen LogP contribution < -0.4 is 11.5 Å². The Kier molecular flexibility index (Phi) is 2.72. The van der Waals surface area contributed by atoms with Crippen LogP contribution in [0.4, 0.5) is 5.69 Å². The summed E-state index contributed by atoms with van der Waals surface area (Å²) in [5.41, 5.74) is 12.1. The van der Waals surface area contributed by atoms with Gasteiger partial charge in [0, 0.05) is 6.04 Å². The zero-order valence-corrected chi connectivity index (χ0v) is 7.07. The van der Waals surface area contributed by atoms with Gasteiger partial charge in [-0.1, -0.05) is 6.07 Å². The Labute approximate surface area is 76.4 Å². The first-order valence-electron chi connectivity index (χ1n) is 3.86. The van der Waals surface area contributed by atoms with Crippen molar-refractivity contribution in [3.05, 3.63) is 23.8 Å². The standard InChI is InChI=1S/C9H11N3O/c10-4-3-7(11)6-1-2-8(12)9(13)5-6/h1-2,5,7,13H,3,11-12H2/t7-/m1/s1. The van der Waals surface area contributed by atoms with Gasteiger partial charge in [0.25, 0.3) is 0 Å². The van der Waals surface area contributed by atoms with Gasteiger partial charge in [-0.25, -0.2) is 0 Å². The first kappa shape index (κ1) is 9.36. The second-order valence-electron chi connectivity index (χ2n) is 2.79. The minimum absolute atomic E-state index is 0.00545. The molecule has 1 rings (SSSR count). The van der Waals surface area contributed by atoms with E-state index in [9.17, 15) is 5.11 Å². The van der Waals surface area contributed by atoms with Crippen molar-refractivity contribution >= 4 is 5.69 Å². The van der Waals surface area contributed by atoms with Gasteiger partial charge in [0.2, 0.25) is 0 Å². The predicted molar refractivity (Wildman–Crippen MR) is 49.7 cm³/mol. The van der Waals surface area contributed by atoms with Gasteiger partial charge in [0.1, 0.15) is 5.75 Å². The molecule has 0 heterocycles. The van der Waals surface area contributed by atoms with E-state index in [0.717, 1.165) is 0 Å². The Morgan fingerprint density at radius 1 is 1.54 bits per heavy atom. The summed E-state index contributed by atoms with van der Waals surface area (Å²) < 4.78 is 0. The SMILES string of the molecule is N#CC[C@@H](N)c1ccc(N)c(O)c1. The van der Waals surface area contributed by atoms with Gasteiger partial charge in [-0.3, -0.25) is 0 Å². The highest BCUT2D eigenvalue weighted by atomic mass is 16.3. The Bertz CT molecular complexity index is 343. The Morgan fingerprint density at radius 3 is 2.77 bits per heavy atom. The van der Waals surface area contributed by atoms with Crippen molar-refractivity contribution < 1.29 is 5.11 Å². The van der Waals surface area contributed by atoms with Crippen molar-refractivity contribution in [1.82, 2.24) is 0 Å². The predicted octanol–water partition coefficient (Wildman–Crippen LogP) is 0.888. The normalized spacial score (nSPS) is 12.0. The molecule has 0 bridgehead atoms. The largest absolute Gasteiger partial charge is 0.506 e. The molecule has 68 valence electrons. The van der Waals surface area contributed by atoms with E-state index in [1.54, 1.807) is 12.1 Å². The van der Waals surface area contributed by atoms with Crippen LogP contribution in [0.25, 0.3) is 0 Å². The summed E-state index contributed by atoms with van der Waals surface area (Å²) in [5, 5.41) is 17.7. The molecule has 0 amide bonds. The van der Waals surface area contributed by atoms with Crippen molar-refractivity contribution in [1.29, 1.82) is 5.26 Å². The van der Waals surface area contributed by atoms with Gasteiger partial charge < -0.3 is 16.6 Å². The topological polar surface area (TPSA) is 96.1 Å². The number of phenols is 1. The second-order valence-corrected chi connectivity index (χ2v) is 2.79. The third kappa shape index (κ3) is 2.10. The summed E-state index contributed by atoms with van der Waals surface area (Å²) in [6, 6.07) is 6.36. The lowest BCUT2D eigenvalue weighted by Crippen LogP contribution is -2.09. The molecule has 1 aromatic rings. The number of benzene rings is 1. The fourth-order valence-corrected chi connectivity index (χ4v) is 1.01. The van der Waals surface area contributed by atoms with Crippen LogP contribution >= 0.6 is 0 Å². The quantitative estimate of drug-likeness (QED) is 0.461. The molecule has 4 nitrogen and oxygen atoms in total. The van der Waals surface area contributed by atoms with Gasteiger partial charge in [-0.05, 0) is 17.7 Å². The van der Waals surface area contributed by atoms with E-state index in [4.69, 9.17) is 16.7 Å². The third-order valence-electron chi connectivity index (χ3n) is 1.79. The van der Waals surface area contributed by atoms with Crippen molar-refractivity contribution in [2.75, 3.05) is 5.73 Å². The maximum atomic E-state index is 9.25. The van der Waals surface area contributed by atoms with Crippen LogP contribution in [-0.2, 0) is 0 Å². The highest BCUT2D eigenvalue weighted by Crippen LogP contribution is 2.24. The Balaban J connectivity index is 2.91. The Morgan fingerprint density at radius 2 is 2.23 bits per heavy atom. The summed E-state index contributed by atoms with van der Waals surface area (Å²) >= 11 is 0. The van der Waals surface area contributed by atoms with E-state index >= 15 is 0 Å². The summed E-state index contributed by atoms with van der Waals surface area (Å²) in [7, 11) is 0. The van der Waals surface area contributed by atoms with Crippen LogP contribution in [-0.4, -0.2) is 5.11 Å². The monoisotopic (exact) mass is 177 g/mol. The number of nitriles is 1. The van der Waals surface area contributed by atoms with Crippen LogP contribution in [0.1, 0.15) is 18.0 Å². The lowest BCUT2D eigenvalue weighted by atomic mass is 10.0. The van der Waals surface area contributed by atoms with Gasteiger partial charge >= 0.3 is 0 Å². The molecule has 0 unspecified atom stereocenters. The number of nitrogen functional groups attached to an aromatic ring is 1. The number of nitrogens with zero attached hydrogens (tertiary/aromatic N) is 1. The number of hydrogen-bond acceptors (Lipinski definition) is 4. The van der Waals surface area contributed by atoms with Gasteiger partial charge in [-0.2, -0.15) is 5.26 Å². The van der Waals surface area contributed by atoms with Crippen LogP contribution in [0.2, 0.25) is 0 Å². The molecule has 0 aromatic heterocycles. The van der Waals surface area contributed by atoms with E-state index in [0.29, 0.717) is 11.3 Å². The molecule has 0 saturated carbocycles. The van der Waals surface area contributed by atoms with Gasteiger partial charge in [0.05, 0.1) is 18.2 Å². The van der Waals surface area contributed by atoms with Gasteiger partial charge in [0.15, 0.2) is 0 Å². The molecule has 0 saturated heterocycles. The lowest BCUT2D eigenvalue weighted by Gasteiger charge is -2.08. The van der Waals surface area contributed by atoms with Gasteiger partial charge in [-0.15, -0.1) is 0 Å². The minimum Gasteiger partial charge on any atom is -0.506 e. The number of phenolic OH excluding ortho intramolecular Hbond substituents is 1. The lowest BCUT2D eigenvalue weighted by molar-refractivity contribution is 0.476. The van der Waals surface area contributed by atoms with Crippen LogP contribution in [0, 0.1) is 11.3 Å². The van der Waals surface area contributed by atoms with E-state index in [1.807, 2.05) is 6.07 Å². The van der Waals surface area contributed by atoms with E-state index in [2.05, 4.69) is 0 Å². The Hall–Kier alpha value is -1.73. The fraction of sp³-hybridized carbons (Fsp3) is 0.222. The zero-order chi connectivity index (χ0) is 9.84. The molecule has 5 N–H and O–H groups in total. The molecule has 0 radical (unpaired) electrons. The fourth-order valence-electron chi connectivity index (χ4n) is 1.01. The number of rotatable bonds is 2. The average Bonchev–Trinajstić information content (AvgIpc) is 2.10. The maximum absolute atomic E-state index is 9.25. The minimum atomic E-state index is -0.364. The molecular formula is C9H11N3O. The number of aromatic hydroxyl groups is 1. The summed E-state index contributed by atoms with van der Waals surface area (Å²) in [5.74, 6) is 0.00545. The van der Waals surface area contributed by atoms with Crippen molar-refractivity contribution in [2.24, 2.45) is 5.73 Å². The van der Waals surface area contributed by atoms with E-state index in [1.165, 1.54) is 6.07 Å². The summed E-state index contributed by atoms with van der Waals surface area (Å²) in [6.45, 7) is 0. The number of hydrogen-bond donors (Lipinski definition) is 3. The summed E-state index contributed by atoms with van der Waals surface area (Å²) in [6.07, 6.45) is 0.226. The second kappa shape index (κ2) is 3.78. The molecule has 0 fully saturated rings. The first-order valence-corrected chi connectivity index (χ1v) is 3.86. The molecule has 1 atom stereocenters. The van der Waals surface area contributed by atoms with Crippen LogP contribution in [0.15, 0.2) is 18.2 Å². The molecule has 1 aromatic carbocycles.